The Morgan fingerprint density at radius 1 is 1.41 bits per heavy atom. The van der Waals surface area contributed by atoms with Gasteiger partial charge in [-0.05, 0) is 25.8 Å². The predicted molar refractivity (Wildman–Crippen MR) is 75.3 cm³/mol. The fraction of sp³-hybridized carbons (Fsp3) is 0.714. The number of nitrogens with zero attached hydrogens (tertiary/aromatic N) is 2. The van der Waals surface area contributed by atoms with E-state index >= 15 is 0 Å². The van der Waals surface area contributed by atoms with Gasteiger partial charge in [-0.25, -0.2) is 0 Å². The molecule has 0 aromatic carbocycles. The highest BCUT2D eigenvalue weighted by Crippen LogP contribution is 2.34. The van der Waals surface area contributed by atoms with Crippen molar-refractivity contribution in [1.29, 1.82) is 0 Å². The zero-order valence-corrected chi connectivity index (χ0v) is 12.9. The van der Waals surface area contributed by atoms with Crippen LogP contribution in [0, 0.1) is 25.7 Å². The van der Waals surface area contributed by atoms with E-state index in [0.29, 0.717) is 13.0 Å². The average molecular weight is 318 g/mol. The number of nitrogens with one attached hydrogen (secondary N) is 2. The monoisotopic (exact) mass is 318 g/mol. The number of hydrogen-bond donors (Lipinski definition) is 2. The Labute approximate surface area is 127 Å². The molecule has 1 aliphatic rings. The van der Waals surface area contributed by atoms with Crippen LogP contribution in [0.15, 0.2) is 0 Å². The Bertz CT molecular complexity index is 553. The summed E-state index contributed by atoms with van der Waals surface area (Å²) >= 11 is 0. The van der Waals surface area contributed by atoms with E-state index in [2.05, 4.69) is 15.7 Å². The van der Waals surface area contributed by atoms with Crippen molar-refractivity contribution in [1.82, 2.24) is 20.4 Å². The van der Waals surface area contributed by atoms with Gasteiger partial charge in [-0.1, -0.05) is 0 Å². The van der Waals surface area contributed by atoms with Gasteiger partial charge in [-0.2, -0.15) is 18.3 Å². The quantitative estimate of drug-likeness (QED) is 0.874. The predicted octanol–water partition coefficient (Wildman–Crippen LogP) is 1.09. The first-order valence-electron chi connectivity index (χ1n) is 7.26. The zero-order chi connectivity index (χ0) is 16.5. The SMILES string of the molecule is Cc1nn(C)c(C)c1CCNC(=O)[C@@H]1CNC[C@H]1C(F)(F)F. The van der Waals surface area contributed by atoms with E-state index in [1.165, 1.54) is 0 Å². The van der Waals surface area contributed by atoms with Gasteiger partial charge in [0, 0.05) is 32.4 Å². The molecule has 5 nitrogen and oxygen atoms in total. The van der Waals surface area contributed by atoms with Crippen molar-refractivity contribution in [2.24, 2.45) is 18.9 Å². The summed E-state index contributed by atoms with van der Waals surface area (Å²) in [4.78, 5) is 12.0. The van der Waals surface area contributed by atoms with Crippen molar-refractivity contribution in [2.75, 3.05) is 19.6 Å². The molecule has 0 aliphatic carbocycles. The van der Waals surface area contributed by atoms with Gasteiger partial charge in [-0.15, -0.1) is 0 Å². The van der Waals surface area contributed by atoms with Crippen molar-refractivity contribution in [3.8, 4) is 0 Å². The molecule has 22 heavy (non-hydrogen) atoms. The maximum Gasteiger partial charge on any atom is 0.393 e. The number of rotatable bonds is 4. The lowest BCUT2D eigenvalue weighted by Gasteiger charge is -2.20. The fourth-order valence-corrected chi connectivity index (χ4v) is 2.92. The maximum atomic E-state index is 12.8. The van der Waals surface area contributed by atoms with Gasteiger partial charge in [0.2, 0.25) is 5.91 Å². The Morgan fingerprint density at radius 3 is 2.64 bits per heavy atom. The highest BCUT2D eigenvalue weighted by Gasteiger charge is 2.49. The highest BCUT2D eigenvalue weighted by atomic mass is 19.4. The first kappa shape index (κ1) is 16.8. The van der Waals surface area contributed by atoms with E-state index in [4.69, 9.17) is 0 Å². The smallest absolute Gasteiger partial charge is 0.355 e. The third-order valence-electron chi connectivity index (χ3n) is 4.30. The molecule has 124 valence electrons. The van der Waals surface area contributed by atoms with Crippen LogP contribution in [-0.2, 0) is 18.3 Å². The summed E-state index contributed by atoms with van der Waals surface area (Å²) in [6, 6.07) is 0. The summed E-state index contributed by atoms with van der Waals surface area (Å²) < 4.78 is 40.3. The number of aromatic nitrogens is 2. The van der Waals surface area contributed by atoms with Crippen LogP contribution < -0.4 is 10.6 Å². The topological polar surface area (TPSA) is 59.0 Å². The molecule has 0 saturated carbocycles. The molecule has 1 saturated heterocycles. The third kappa shape index (κ3) is 3.43. The van der Waals surface area contributed by atoms with Crippen LogP contribution in [-0.4, -0.2) is 41.5 Å². The summed E-state index contributed by atoms with van der Waals surface area (Å²) in [5, 5.41) is 9.54. The average Bonchev–Trinajstić information content (AvgIpc) is 2.99. The number of carbonyl (C=O) groups is 1. The molecule has 2 rings (SSSR count). The molecule has 2 heterocycles. The first-order chi connectivity index (χ1) is 10.2. The molecule has 2 N–H and O–H groups in total. The Balaban J connectivity index is 1.90. The lowest BCUT2D eigenvalue weighted by molar-refractivity contribution is -0.182. The van der Waals surface area contributed by atoms with Gasteiger partial charge >= 0.3 is 6.18 Å². The van der Waals surface area contributed by atoms with Crippen molar-refractivity contribution >= 4 is 5.91 Å². The summed E-state index contributed by atoms with van der Waals surface area (Å²) in [7, 11) is 1.84. The standard InChI is InChI=1S/C14H21F3N4O/c1-8-10(9(2)21(3)20-8)4-5-19-13(22)11-6-18-7-12(11)14(15,16)17/h11-12,18H,4-7H2,1-3H3,(H,19,22)/t11-,12-/m1/s1. The summed E-state index contributed by atoms with van der Waals surface area (Å²) in [5.74, 6) is -3.18. The molecule has 0 radical (unpaired) electrons. The van der Waals surface area contributed by atoms with Crippen LogP contribution in [0.1, 0.15) is 17.0 Å². The molecule has 2 atom stereocenters. The number of amides is 1. The zero-order valence-electron chi connectivity index (χ0n) is 12.9. The van der Waals surface area contributed by atoms with E-state index in [0.717, 1.165) is 17.0 Å². The van der Waals surface area contributed by atoms with Crippen molar-refractivity contribution in [3.63, 3.8) is 0 Å². The van der Waals surface area contributed by atoms with Gasteiger partial charge < -0.3 is 10.6 Å². The molecule has 0 unspecified atom stereocenters. The molecular weight excluding hydrogens is 297 g/mol. The lowest BCUT2D eigenvalue weighted by atomic mass is 9.94. The molecular formula is C14H21F3N4O. The van der Waals surface area contributed by atoms with Crippen LogP contribution in [0.4, 0.5) is 13.2 Å². The van der Waals surface area contributed by atoms with E-state index in [1.54, 1.807) is 4.68 Å². The molecule has 1 aromatic rings. The Morgan fingerprint density at radius 2 is 2.09 bits per heavy atom. The van der Waals surface area contributed by atoms with Crippen LogP contribution in [0.5, 0.6) is 0 Å². The molecule has 8 heteroatoms. The van der Waals surface area contributed by atoms with E-state index in [1.807, 2.05) is 20.9 Å². The van der Waals surface area contributed by atoms with Crippen LogP contribution in [0.2, 0.25) is 0 Å². The molecule has 0 bridgehead atoms. The van der Waals surface area contributed by atoms with Gasteiger partial charge in [-0.3, -0.25) is 9.48 Å². The van der Waals surface area contributed by atoms with Gasteiger partial charge in [0.25, 0.3) is 0 Å². The maximum absolute atomic E-state index is 12.8. The van der Waals surface area contributed by atoms with Crippen molar-refractivity contribution in [2.45, 2.75) is 26.4 Å². The Hall–Kier alpha value is -1.57. The van der Waals surface area contributed by atoms with Crippen LogP contribution in [0.3, 0.4) is 0 Å². The second kappa shape index (κ2) is 6.28. The Kier molecular flexibility index (Phi) is 4.79. The number of carbonyl (C=O) groups excluding carboxylic acids is 1. The minimum atomic E-state index is -4.35. The first-order valence-corrected chi connectivity index (χ1v) is 7.26. The van der Waals surface area contributed by atoms with Crippen molar-refractivity contribution < 1.29 is 18.0 Å². The minimum Gasteiger partial charge on any atom is -0.355 e. The van der Waals surface area contributed by atoms with Gasteiger partial charge in [0.15, 0.2) is 0 Å². The fourth-order valence-electron chi connectivity index (χ4n) is 2.92. The minimum absolute atomic E-state index is 0.0704. The van der Waals surface area contributed by atoms with Gasteiger partial charge in [0.1, 0.15) is 0 Å². The second-order valence-corrected chi connectivity index (χ2v) is 5.73. The summed E-state index contributed by atoms with van der Waals surface area (Å²) in [5.41, 5.74) is 2.91. The second-order valence-electron chi connectivity index (χ2n) is 5.73. The van der Waals surface area contributed by atoms with Crippen LogP contribution >= 0.6 is 0 Å². The summed E-state index contributed by atoms with van der Waals surface area (Å²) in [6.07, 6.45) is -3.78. The van der Waals surface area contributed by atoms with E-state index in [9.17, 15) is 18.0 Å². The molecule has 1 fully saturated rings. The van der Waals surface area contributed by atoms with E-state index in [-0.39, 0.29) is 13.1 Å². The van der Waals surface area contributed by atoms with Gasteiger partial charge in [0.05, 0.1) is 17.5 Å². The number of aryl methyl sites for hydroxylation is 2. The summed E-state index contributed by atoms with van der Waals surface area (Å²) in [6.45, 7) is 4.00. The number of halogens is 3. The molecule has 1 amide bonds. The third-order valence-corrected chi connectivity index (χ3v) is 4.30. The molecule has 0 spiro atoms. The molecule has 1 aliphatic heterocycles. The number of hydrogen-bond acceptors (Lipinski definition) is 3. The van der Waals surface area contributed by atoms with E-state index < -0.39 is 23.9 Å². The largest absolute Gasteiger partial charge is 0.393 e. The number of alkyl halides is 3. The highest BCUT2D eigenvalue weighted by molar-refractivity contribution is 5.79. The van der Waals surface area contributed by atoms with Crippen molar-refractivity contribution in [3.05, 3.63) is 17.0 Å². The lowest BCUT2D eigenvalue weighted by Crippen LogP contribution is -2.40. The molecule has 1 aromatic heterocycles. The van der Waals surface area contributed by atoms with Crippen LogP contribution in [0.25, 0.3) is 0 Å². The normalized spacial score (nSPS) is 22.1.